The van der Waals surface area contributed by atoms with Crippen LogP contribution in [0.2, 0.25) is 0 Å². The van der Waals surface area contributed by atoms with E-state index >= 15 is 0 Å². The van der Waals surface area contributed by atoms with Gasteiger partial charge in [-0.05, 0) is 55.5 Å². The van der Waals surface area contributed by atoms with Crippen LogP contribution in [-0.2, 0) is 11.3 Å². The van der Waals surface area contributed by atoms with Crippen molar-refractivity contribution in [3.63, 3.8) is 0 Å². The number of carbonyl (C=O) groups excluding carboxylic acids is 1. The average Bonchev–Trinajstić information content (AvgIpc) is 3.35. The van der Waals surface area contributed by atoms with E-state index in [4.69, 9.17) is 4.74 Å². The number of anilines is 1. The van der Waals surface area contributed by atoms with Gasteiger partial charge in [0.2, 0.25) is 0 Å². The van der Waals surface area contributed by atoms with Crippen molar-refractivity contribution in [1.82, 2.24) is 15.3 Å². The number of thiophene rings is 1. The molecule has 1 aromatic carbocycles. The van der Waals surface area contributed by atoms with Gasteiger partial charge >= 0.3 is 0 Å². The van der Waals surface area contributed by atoms with Gasteiger partial charge in [-0.1, -0.05) is 6.07 Å². The van der Waals surface area contributed by atoms with Crippen LogP contribution in [0.4, 0.5) is 10.2 Å². The van der Waals surface area contributed by atoms with Crippen molar-refractivity contribution in [2.75, 3.05) is 18.5 Å². The fraction of sp³-hybridized carbons (Fsp3) is 0.381. The second-order valence-corrected chi connectivity index (χ2v) is 8.23. The third-order valence-corrected chi connectivity index (χ3v) is 6.40. The lowest BCUT2D eigenvalue weighted by atomic mass is 10.1. The van der Waals surface area contributed by atoms with Crippen LogP contribution < -0.4 is 10.6 Å². The molecule has 4 rings (SSSR count). The Morgan fingerprint density at radius 3 is 3.00 bits per heavy atom. The summed E-state index contributed by atoms with van der Waals surface area (Å²) in [6.07, 6.45) is 3.82. The summed E-state index contributed by atoms with van der Waals surface area (Å²) in [6.45, 7) is 5.56. The average molecular weight is 415 g/mol. The summed E-state index contributed by atoms with van der Waals surface area (Å²) in [6, 6.07) is 4.58. The van der Waals surface area contributed by atoms with Crippen LogP contribution >= 0.6 is 11.3 Å². The highest BCUT2D eigenvalue weighted by molar-refractivity contribution is 7.20. The van der Waals surface area contributed by atoms with Gasteiger partial charge in [0.25, 0.3) is 5.91 Å². The molecule has 8 heteroatoms. The molecule has 0 aliphatic carbocycles. The smallest absolute Gasteiger partial charge is 0.261 e. The SMILES string of the molecule is Cc1ccc(F)cc1CNC(=O)c1sc2ncnc(NCC3CCCO3)c2c1C. The van der Waals surface area contributed by atoms with E-state index < -0.39 is 0 Å². The van der Waals surface area contributed by atoms with Crippen molar-refractivity contribution >= 4 is 33.3 Å². The predicted molar refractivity (Wildman–Crippen MR) is 112 cm³/mol. The minimum absolute atomic E-state index is 0.191. The van der Waals surface area contributed by atoms with Gasteiger partial charge in [0, 0.05) is 19.7 Å². The maximum atomic E-state index is 13.5. The molecular formula is C21H23FN4O2S. The lowest BCUT2D eigenvalue weighted by molar-refractivity contribution is 0.0954. The molecule has 6 nitrogen and oxygen atoms in total. The minimum atomic E-state index is -0.310. The third kappa shape index (κ3) is 4.23. The maximum absolute atomic E-state index is 13.5. The molecule has 1 aliphatic heterocycles. The second kappa shape index (κ2) is 8.42. The van der Waals surface area contributed by atoms with E-state index in [-0.39, 0.29) is 24.4 Å². The number of hydrogen-bond donors (Lipinski definition) is 2. The summed E-state index contributed by atoms with van der Waals surface area (Å²) < 4.78 is 19.1. The van der Waals surface area contributed by atoms with Crippen LogP contribution in [0, 0.1) is 19.7 Å². The molecule has 29 heavy (non-hydrogen) atoms. The second-order valence-electron chi connectivity index (χ2n) is 7.23. The standard InChI is InChI=1S/C21H23FN4O2S/c1-12-5-6-15(22)8-14(12)9-24-20(27)18-13(2)17-19(25-11-26-21(17)29-18)23-10-16-4-3-7-28-16/h5-6,8,11,16H,3-4,7,9-10H2,1-2H3,(H,24,27)(H,23,25,26). The number of rotatable bonds is 6. The maximum Gasteiger partial charge on any atom is 0.261 e. The Morgan fingerprint density at radius 2 is 2.21 bits per heavy atom. The number of halogens is 1. The first-order valence-corrected chi connectivity index (χ1v) is 10.5. The van der Waals surface area contributed by atoms with E-state index in [0.717, 1.165) is 52.2 Å². The molecule has 2 N–H and O–H groups in total. The molecular weight excluding hydrogens is 391 g/mol. The molecule has 1 fully saturated rings. The van der Waals surface area contributed by atoms with Crippen LogP contribution in [0.5, 0.6) is 0 Å². The van der Waals surface area contributed by atoms with E-state index in [9.17, 15) is 9.18 Å². The summed E-state index contributed by atoms with van der Waals surface area (Å²) in [4.78, 5) is 22.9. The normalized spacial score (nSPS) is 16.3. The first-order valence-electron chi connectivity index (χ1n) is 9.65. The molecule has 2 aromatic heterocycles. The van der Waals surface area contributed by atoms with Crippen molar-refractivity contribution in [2.45, 2.75) is 39.3 Å². The number of hydrogen-bond acceptors (Lipinski definition) is 6. The number of nitrogens with one attached hydrogen (secondary N) is 2. The Balaban J connectivity index is 1.52. The van der Waals surface area contributed by atoms with Crippen LogP contribution in [0.3, 0.4) is 0 Å². The number of fused-ring (bicyclic) bond motifs is 1. The zero-order valence-corrected chi connectivity index (χ0v) is 17.2. The van der Waals surface area contributed by atoms with Crippen LogP contribution in [-0.4, -0.2) is 35.1 Å². The Kier molecular flexibility index (Phi) is 5.73. The van der Waals surface area contributed by atoms with Gasteiger partial charge in [-0.2, -0.15) is 0 Å². The Hall–Kier alpha value is -2.58. The van der Waals surface area contributed by atoms with Gasteiger partial charge in [-0.25, -0.2) is 14.4 Å². The largest absolute Gasteiger partial charge is 0.376 e. The Morgan fingerprint density at radius 1 is 1.34 bits per heavy atom. The third-order valence-electron chi connectivity index (χ3n) is 5.20. The summed E-state index contributed by atoms with van der Waals surface area (Å²) in [5.74, 6) is 0.216. The quantitative estimate of drug-likeness (QED) is 0.638. The summed E-state index contributed by atoms with van der Waals surface area (Å²) in [5.41, 5.74) is 2.54. The van der Waals surface area contributed by atoms with Crippen molar-refractivity contribution in [3.05, 3.63) is 51.9 Å². The van der Waals surface area contributed by atoms with E-state index in [0.29, 0.717) is 11.4 Å². The molecule has 0 spiro atoms. The highest BCUT2D eigenvalue weighted by Gasteiger charge is 2.21. The molecule has 1 saturated heterocycles. The molecule has 3 aromatic rings. The molecule has 1 amide bonds. The molecule has 0 radical (unpaired) electrons. The van der Waals surface area contributed by atoms with Crippen LogP contribution in [0.25, 0.3) is 10.2 Å². The highest BCUT2D eigenvalue weighted by Crippen LogP contribution is 2.33. The van der Waals surface area contributed by atoms with Gasteiger partial charge in [-0.15, -0.1) is 11.3 Å². The van der Waals surface area contributed by atoms with Gasteiger partial charge in [0.05, 0.1) is 16.4 Å². The zero-order chi connectivity index (χ0) is 20.4. The number of ether oxygens (including phenoxy) is 1. The highest BCUT2D eigenvalue weighted by atomic mass is 32.1. The molecule has 1 atom stereocenters. The van der Waals surface area contributed by atoms with Gasteiger partial charge < -0.3 is 15.4 Å². The van der Waals surface area contributed by atoms with Gasteiger partial charge in [-0.3, -0.25) is 4.79 Å². The van der Waals surface area contributed by atoms with Crippen molar-refractivity contribution in [2.24, 2.45) is 0 Å². The van der Waals surface area contributed by atoms with Gasteiger partial charge in [0.15, 0.2) is 0 Å². The number of nitrogens with zero attached hydrogens (tertiary/aromatic N) is 2. The topological polar surface area (TPSA) is 76.1 Å². The number of amides is 1. The Labute approximate surface area is 172 Å². The lowest BCUT2D eigenvalue weighted by Crippen LogP contribution is -2.23. The molecule has 1 unspecified atom stereocenters. The monoisotopic (exact) mass is 414 g/mol. The molecule has 3 heterocycles. The number of carbonyl (C=O) groups is 1. The van der Waals surface area contributed by atoms with Crippen LogP contribution in [0.1, 0.15) is 39.2 Å². The number of aromatic nitrogens is 2. The molecule has 152 valence electrons. The predicted octanol–water partition coefficient (Wildman–Crippen LogP) is 3.97. The van der Waals surface area contributed by atoms with Gasteiger partial charge in [0.1, 0.15) is 22.8 Å². The fourth-order valence-corrected chi connectivity index (χ4v) is 4.59. The lowest BCUT2D eigenvalue weighted by Gasteiger charge is -2.12. The number of aryl methyl sites for hydroxylation is 2. The molecule has 0 bridgehead atoms. The van der Waals surface area contributed by atoms with Crippen LogP contribution in [0.15, 0.2) is 24.5 Å². The van der Waals surface area contributed by atoms with E-state index in [1.807, 2.05) is 13.8 Å². The molecule has 1 aliphatic rings. The van der Waals surface area contributed by atoms with E-state index in [1.54, 1.807) is 6.07 Å². The summed E-state index contributed by atoms with van der Waals surface area (Å²) >= 11 is 1.34. The fourth-order valence-electron chi connectivity index (χ4n) is 3.52. The van der Waals surface area contributed by atoms with E-state index in [2.05, 4.69) is 20.6 Å². The molecule has 0 saturated carbocycles. The summed E-state index contributed by atoms with van der Waals surface area (Å²) in [5, 5.41) is 7.11. The van der Waals surface area contributed by atoms with Crippen molar-refractivity contribution < 1.29 is 13.9 Å². The Bertz CT molecular complexity index is 1050. The zero-order valence-electron chi connectivity index (χ0n) is 16.4. The van der Waals surface area contributed by atoms with Crippen molar-refractivity contribution in [1.29, 1.82) is 0 Å². The first kappa shape index (κ1) is 19.7. The minimum Gasteiger partial charge on any atom is -0.376 e. The first-order chi connectivity index (χ1) is 14.0. The summed E-state index contributed by atoms with van der Waals surface area (Å²) in [7, 11) is 0. The van der Waals surface area contributed by atoms with Crippen molar-refractivity contribution in [3.8, 4) is 0 Å². The number of benzene rings is 1. The van der Waals surface area contributed by atoms with E-state index in [1.165, 1.54) is 29.8 Å².